The summed E-state index contributed by atoms with van der Waals surface area (Å²) in [5.74, 6) is 0.669. The van der Waals surface area contributed by atoms with Crippen LogP contribution in [0.3, 0.4) is 0 Å². The molecule has 1 aromatic carbocycles. The third-order valence-corrected chi connectivity index (χ3v) is 4.40. The summed E-state index contributed by atoms with van der Waals surface area (Å²) in [6.45, 7) is 5.01. The van der Waals surface area contributed by atoms with E-state index in [1.165, 1.54) is 0 Å². The summed E-state index contributed by atoms with van der Waals surface area (Å²) in [6, 6.07) is 7.78. The lowest BCUT2D eigenvalue weighted by Crippen LogP contribution is -2.44. The van der Waals surface area contributed by atoms with Gasteiger partial charge in [-0.2, -0.15) is 0 Å². The number of amides is 1. The Morgan fingerprint density at radius 3 is 2.50 bits per heavy atom. The largest absolute Gasteiger partial charge is 0.351 e. The maximum Gasteiger partial charge on any atom is 0.234 e. The highest BCUT2D eigenvalue weighted by Crippen LogP contribution is 2.19. The van der Waals surface area contributed by atoms with Crippen LogP contribution in [0.4, 0.5) is 0 Å². The number of nitrogens with one attached hydrogen (secondary N) is 1. The predicted octanol–water partition coefficient (Wildman–Crippen LogP) is 2.44. The van der Waals surface area contributed by atoms with E-state index in [0.717, 1.165) is 31.5 Å². The minimum Gasteiger partial charge on any atom is -0.351 e. The number of benzene rings is 1. The summed E-state index contributed by atoms with van der Waals surface area (Å²) in [6.07, 6.45) is 2.17. The summed E-state index contributed by atoms with van der Waals surface area (Å²) >= 11 is 5.83. The normalized spacial score (nSPS) is 17.6. The second kappa shape index (κ2) is 9.36. The molecule has 1 unspecified atom stereocenters. The van der Waals surface area contributed by atoms with Gasteiger partial charge in [0.2, 0.25) is 5.91 Å². The fourth-order valence-electron chi connectivity index (χ4n) is 2.70. The number of nitrogens with two attached hydrogens (primary N) is 1. The van der Waals surface area contributed by atoms with Gasteiger partial charge in [-0.3, -0.25) is 9.69 Å². The molecule has 4 nitrogen and oxygen atoms in total. The van der Waals surface area contributed by atoms with Crippen LogP contribution in [0.2, 0.25) is 5.02 Å². The SMILES string of the molecule is CC(N)C1CCN(CC(=O)NCc2ccc(Cl)cc2)CC1.Cl. The molecular weight excluding hydrogens is 321 g/mol. The molecular formula is C16H25Cl2N3O. The highest BCUT2D eigenvalue weighted by atomic mass is 35.5. The van der Waals surface area contributed by atoms with Gasteiger partial charge in [0.25, 0.3) is 0 Å². The van der Waals surface area contributed by atoms with Gasteiger partial charge in [-0.05, 0) is 56.5 Å². The van der Waals surface area contributed by atoms with E-state index < -0.39 is 0 Å². The van der Waals surface area contributed by atoms with Gasteiger partial charge in [0.1, 0.15) is 0 Å². The number of piperidine rings is 1. The molecule has 124 valence electrons. The van der Waals surface area contributed by atoms with Crippen molar-refractivity contribution in [3.05, 3.63) is 34.9 Å². The summed E-state index contributed by atoms with van der Waals surface area (Å²) in [5, 5.41) is 3.66. The van der Waals surface area contributed by atoms with E-state index in [1.807, 2.05) is 24.3 Å². The quantitative estimate of drug-likeness (QED) is 0.861. The van der Waals surface area contributed by atoms with Crippen molar-refractivity contribution in [1.29, 1.82) is 0 Å². The molecule has 0 aromatic heterocycles. The van der Waals surface area contributed by atoms with Crippen molar-refractivity contribution in [3.63, 3.8) is 0 Å². The van der Waals surface area contributed by atoms with E-state index in [-0.39, 0.29) is 24.4 Å². The van der Waals surface area contributed by atoms with Crippen LogP contribution in [0.15, 0.2) is 24.3 Å². The first-order valence-electron chi connectivity index (χ1n) is 7.53. The van der Waals surface area contributed by atoms with E-state index in [9.17, 15) is 4.79 Å². The number of carbonyl (C=O) groups excluding carboxylic acids is 1. The van der Waals surface area contributed by atoms with Crippen molar-refractivity contribution in [2.45, 2.75) is 32.4 Å². The van der Waals surface area contributed by atoms with Crippen molar-refractivity contribution in [1.82, 2.24) is 10.2 Å². The fourth-order valence-corrected chi connectivity index (χ4v) is 2.82. The number of carbonyl (C=O) groups is 1. The van der Waals surface area contributed by atoms with Gasteiger partial charge < -0.3 is 11.1 Å². The lowest BCUT2D eigenvalue weighted by Gasteiger charge is -2.33. The van der Waals surface area contributed by atoms with Crippen molar-refractivity contribution in [2.75, 3.05) is 19.6 Å². The molecule has 0 radical (unpaired) electrons. The highest BCUT2D eigenvalue weighted by Gasteiger charge is 2.22. The third kappa shape index (κ3) is 6.13. The molecule has 1 aliphatic heterocycles. The van der Waals surface area contributed by atoms with E-state index in [4.69, 9.17) is 17.3 Å². The smallest absolute Gasteiger partial charge is 0.234 e. The Morgan fingerprint density at radius 1 is 1.36 bits per heavy atom. The van der Waals surface area contributed by atoms with Gasteiger partial charge in [0, 0.05) is 17.6 Å². The Labute approximate surface area is 143 Å². The second-order valence-corrected chi connectivity index (χ2v) is 6.31. The lowest BCUT2D eigenvalue weighted by molar-refractivity contribution is -0.122. The van der Waals surface area contributed by atoms with Gasteiger partial charge in [0.05, 0.1) is 6.54 Å². The first-order valence-corrected chi connectivity index (χ1v) is 7.91. The minimum atomic E-state index is 0. The molecule has 6 heteroatoms. The topological polar surface area (TPSA) is 58.4 Å². The molecule has 1 atom stereocenters. The van der Waals surface area contributed by atoms with Crippen LogP contribution in [-0.4, -0.2) is 36.5 Å². The Hall–Kier alpha value is -0.810. The number of halogens is 2. The molecule has 1 saturated heterocycles. The molecule has 1 aromatic rings. The van der Waals surface area contributed by atoms with Gasteiger partial charge in [-0.25, -0.2) is 0 Å². The monoisotopic (exact) mass is 345 g/mol. The summed E-state index contributed by atoms with van der Waals surface area (Å²) in [4.78, 5) is 14.2. The van der Waals surface area contributed by atoms with Crippen LogP contribution in [0.5, 0.6) is 0 Å². The lowest BCUT2D eigenvalue weighted by atomic mass is 9.91. The zero-order valence-corrected chi connectivity index (χ0v) is 14.5. The molecule has 0 saturated carbocycles. The molecule has 22 heavy (non-hydrogen) atoms. The molecule has 0 aliphatic carbocycles. The maximum atomic E-state index is 12.0. The summed E-state index contributed by atoms with van der Waals surface area (Å²) in [7, 11) is 0. The van der Waals surface area contributed by atoms with Crippen LogP contribution >= 0.6 is 24.0 Å². The predicted molar refractivity (Wildman–Crippen MR) is 93.4 cm³/mol. The van der Waals surface area contributed by atoms with Gasteiger partial charge in [-0.1, -0.05) is 23.7 Å². The zero-order chi connectivity index (χ0) is 15.2. The number of likely N-dealkylation sites (tertiary alicyclic amines) is 1. The van der Waals surface area contributed by atoms with Crippen LogP contribution in [0, 0.1) is 5.92 Å². The van der Waals surface area contributed by atoms with Crippen molar-refractivity contribution in [2.24, 2.45) is 11.7 Å². The molecule has 3 N–H and O–H groups in total. The first kappa shape index (κ1) is 19.2. The van der Waals surface area contributed by atoms with E-state index in [2.05, 4.69) is 17.1 Å². The minimum absolute atomic E-state index is 0. The van der Waals surface area contributed by atoms with Crippen molar-refractivity contribution in [3.8, 4) is 0 Å². The van der Waals surface area contributed by atoms with Crippen molar-refractivity contribution < 1.29 is 4.79 Å². The average Bonchev–Trinajstić information content (AvgIpc) is 2.47. The summed E-state index contributed by atoms with van der Waals surface area (Å²) < 4.78 is 0. The fraction of sp³-hybridized carbons (Fsp3) is 0.562. The number of hydrogen-bond donors (Lipinski definition) is 2. The number of nitrogens with zero attached hydrogens (tertiary/aromatic N) is 1. The Morgan fingerprint density at radius 2 is 1.95 bits per heavy atom. The van der Waals surface area contributed by atoms with E-state index in [0.29, 0.717) is 24.0 Å². The van der Waals surface area contributed by atoms with Crippen molar-refractivity contribution >= 4 is 29.9 Å². The second-order valence-electron chi connectivity index (χ2n) is 5.88. The molecule has 1 heterocycles. The summed E-state index contributed by atoms with van der Waals surface area (Å²) in [5.41, 5.74) is 6.99. The first-order chi connectivity index (χ1) is 10.0. The van der Waals surface area contributed by atoms with E-state index >= 15 is 0 Å². The zero-order valence-electron chi connectivity index (χ0n) is 12.9. The third-order valence-electron chi connectivity index (χ3n) is 4.15. The van der Waals surface area contributed by atoms with Crippen LogP contribution in [0.1, 0.15) is 25.3 Å². The van der Waals surface area contributed by atoms with Gasteiger partial charge in [-0.15, -0.1) is 12.4 Å². The Kier molecular flexibility index (Phi) is 8.18. The molecule has 0 spiro atoms. The molecule has 1 fully saturated rings. The average molecular weight is 346 g/mol. The molecule has 0 bridgehead atoms. The molecule has 1 amide bonds. The Bertz CT molecular complexity index is 457. The maximum absolute atomic E-state index is 12.0. The van der Waals surface area contributed by atoms with Crippen LogP contribution < -0.4 is 11.1 Å². The standard InChI is InChI=1S/C16H24ClN3O.ClH/c1-12(18)14-6-8-20(9-7-14)11-16(21)19-10-13-2-4-15(17)5-3-13;/h2-5,12,14H,6-11,18H2,1H3,(H,19,21);1H. The number of rotatable bonds is 5. The van der Waals surface area contributed by atoms with Crippen LogP contribution in [-0.2, 0) is 11.3 Å². The highest BCUT2D eigenvalue weighted by molar-refractivity contribution is 6.30. The number of hydrogen-bond acceptors (Lipinski definition) is 3. The van der Waals surface area contributed by atoms with Gasteiger partial charge >= 0.3 is 0 Å². The molecule has 1 aliphatic rings. The Balaban J connectivity index is 0.00000242. The van der Waals surface area contributed by atoms with E-state index in [1.54, 1.807) is 0 Å². The van der Waals surface area contributed by atoms with Crippen LogP contribution in [0.25, 0.3) is 0 Å². The molecule has 2 rings (SSSR count). The van der Waals surface area contributed by atoms with Gasteiger partial charge in [0.15, 0.2) is 0 Å².